The van der Waals surface area contributed by atoms with Crippen molar-refractivity contribution in [3.05, 3.63) is 71.3 Å². The van der Waals surface area contributed by atoms with Gasteiger partial charge in [0.05, 0.1) is 0 Å². The van der Waals surface area contributed by atoms with Gasteiger partial charge in [0, 0.05) is 12.5 Å². The van der Waals surface area contributed by atoms with Crippen LogP contribution in [0.1, 0.15) is 60.6 Å². The smallest absolute Gasteiger partial charge is 0.0138 e. The van der Waals surface area contributed by atoms with Crippen LogP contribution in [0.2, 0.25) is 0 Å². The molecule has 3 aliphatic rings. The Kier molecular flexibility index (Phi) is 5.51. The number of benzene rings is 2. The van der Waals surface area contributed by atoms with E-state index in [1.165, 1.54) is 76.9 Å². The van der Waals surface area contributed by atoms with Gasteiger partial charge in [-0.15, -0.1) is 0 Å². The Bertz CT molecular complexity index is 765. The molecule has 0 saturated carbocycles. The molecule has 0 radical (unpaired) electrons. The lowest BCUT2D eigenvalue weighted by Gasteiger charge is -2.38. The first-order valence-electron chi connectivity index (χ1n) is 11.5. The highest BCUT2D eigenvalue weighted by atomic mass is 15.2. The summed E-state index contributed by atoms with van der Waals surface area (Å²) in [5.74, 6) is 2.07. The minimum Gasteiger partial charge on any atom is -0.303 e. The van der Waals surface area contributed by atoms with E-state index in [0.717, 1.165) is 11.8 Å². The van der Waals surface area contributed by atoms with Gasteiger partial charge in [-0.3, -0.25) is 0 Å². The fourth-order valence-electron chi connectivity index (χ4n) is 6.13. The number of hydrogen-bond donors (Lipinski definition) is 0. The first-order valence-corrected chi connectivity index (χ1v) is 11.5. The maximum absolute atomic E-state index is 2.77. The predicted octanol–water partition coefficient (Wildman–Crippen LogP) is 5.11. The second kappa shape index (κ2) is 8.39. The van der Waals surface area contributed by atoms with Gasteiger partial charge in [0.25, 0.3) is 0 Å². The monoisotopic (exact) mass is 374 g/mol. The number of hydrogen-bond acceptors (Lipinski definition) is 2. The Hall–Kier alpha value is -1.64. The van der Waals surface area contributed by atoms with Gasteiger partial charge in [-0.1, -0.05) is 61.0 Å². The molecule has 0 N–H and O–H groups in total. The second-order valence-electron chi connectivity index (χ2n) is 9.13. The van der Waals surface area contributed by atoms with Crippen molar-refractivity contribution >= 4 is 0 Å². The van der Waals surface area contributed by atoms with E-state index in [4.69, 9.17) is 0 Å². The summed E-state index contributed by atoms with van der Waals surface area (Å²) in [5.41, 5.74) is 4.74. The lowest BCUT2D eigenvalue weighted by molar-refractivity contribution is 0.141. The Morgan fingerprint density at radius 2 is 1.43 bits per heavy atom. The molecule has 2 aromatic carbocycles. The van der Waals surface area contributed by atoms with Crippen LogP contribution in [0.25, 0.3) is 0 Å². The fourth-order valence-corrected chi connectivity index (χ4v) is 6.13. The molecule has 28 heavy (non-hydrogen) atoms. The van der Waals surface area contributed by atoms with Gasteiger partial charge in [-0.05, 0) is 86.9 Å². The molecule has 0 spiro atoms. The molecule has 2 aliphatic heterocycles. The molecule has 1 unspecified atom stereocenters. The first-order chi connectivity index (χ1) is 13.9. The molecule has 1 aliphatic carbocycles. The maximum Gasteiger partial charge on any atom is 0.0138 e. The number of nitrogens with zero attached hydrogens (tertiary/aromatic N) is 2. The van der Waals surface area contributed by atoms with Crippen molar-refractivity contribution < 1.29 is 0 Å². The summed E-state index contributed by atoms with van der Waals surface area (Å²) < 4.78 is 0. The normalized spacial score (nSPS) is 28.1. The summed E-state index contributed by atoms with van der Waals surface area (Å²) in [6, 6.07) is 20.5. The lowest BCUT2D eigenvalue weighted by Crippen LogP contribution is -2.41. The minimum atomic E-state index is 0.576. The Balaban J connectivity index is 1.28. The molecule has 0 amide bonds. The molecule has 5 rings (SSSR count). The van der Waals surface area contributed by atoms with Crippen molar-refractivity contribution in [3.63, 3.8) is 0 Å². The molecule has 2 heteroatoms. The third-order valence-corrected chi connectivity index (χ3v) is 7.46. The van der Waals surface area contributed by atoms with Crippen molar-refractivity contribution in [1.82, 2.24) is 9.80 Å². The van der Waals surface area contributed by atoms with Gasteiger partial charge in [0.1, 0.15) is 0 Å². The third-order valence-electron chi connectivity index (χ3n) is 7.46. The van der Waals surface area contributed by atoms with Crippen molar-refractivity contribution in [2.24, 2.45) is 5.92 Å². The number of piperidine rings is 2. The summed E-state index contributed by atoms with van der Waals surface area (Å²) in [5, 5.41) is 0. The summed E-state index contributed by atoms with van der Waals surface area (Å²) in [7, 11) is 0. The SMILES string of the molecule is c1ccc(C2c3ccccc3[C@@H]3CCN(CCCN4CCCCC4)C[C@H]23)cc1. The highest BCUT2D eigenvalue weighted by Gasteiger charge is 2.43. The van der Waals surface area contributed by atoms with E-state index in [2.05, 4.69) is 64.4 Å². The van der Waals surface area contributed by atoms with Crippen LogP contribution < -0.4 is 0 Å². The zero-order valence-electron chi connectivity index (χ0n) is 17.1. The van der Waals surface area contributed by atoms with Gasteiger partial charge in [-0.25, -0.2) is 0 Å². The molecule has 2 heterocycles. The van der Waals surface area contributed by atoms with E-state index in [9.17, 15) is 0 Å². The molecule has 0 bridgehead atoms. The van der Waals surface area contributed by atoms with Crippen molar-refractivity contribution in [2.45, 2.75) is 43.9 Å². The largest absolute Gasteiger partial charge is 0.303 e. The highest BCUT2D eigenvalue weighted by molar-refractivity contribution is 5.46. The highest BCUT2D eigenvalue weighted by Crippen LogP contribution is 2.52. The first kappa shape index (κ1) is 18.4. The van der Waals surface area contributed by atoms with Gasteiger partial charge in [0.2, 0.25) is 0 Å². The molecule has 2 fully saturated rings. The summed E-state index contributed by atoms with van der Waals surface area (Å²) in [4.78, 5) is 5.46. The fraction of sp³-hybridized carbons (Fsp3) is 0.538. The van der Waals surface area contributed by atoms with Crippen LogP contribution >= 0.6 is 0 Å². The molecule has 3 atom stereocenters. The van der Waals surface area contributed by atoms with E-state index in [1.54, 1.807) is 11.1 Å². The standard InChI is InChI=1S/C26H34N2/c1-3-10-21(11-4-1)26-24-13-6-5-12-22(24)23-14-19-28(20-25(23)26)18-9-17-27-15-7-2-8-16-27/h1,3-6,10-13,23,25-26H,2,7-9,14-20H2/t23-,25-,26?/m0/s1. The van der Waals surface area contributed by atoms with E-state index in [-0.39, 0.29) is 0 Å². The van der Waals surface area contributed by atoms with Gasteiger partial charge in [-0.2, -0.15) is 0 Å². The maximum atomic E-state index is 2.77. The summed E-state index contributed by atoms with van der Waals surface area (Å²) in [6.45, 7) is 7.77. The van der Waals surface area contributed by atoms with Gasteiger partial charge < -0.3 is 9.80 Å². The molecular formula is C26H34N2. The Morgan fingerprint density at radius 3 is 2.25 bits per heavy atom. The van der Waals surface area contributed by atoms with E-state index >= 15 is 0 Å². The average molecular weight is 375 g/mol. The average Bonchev–Trinajstić information content (AvgIpc) is 3.09. The van der Waals surface area contributed by atoms with E-state index in [0.29, 0.717) is 5.92 Å². The van der Waals surface area contributed by atoms with E-state index in [1.807, 2.05) is 0 Å². The predicted molar refractivity (Wildman–Crippen MR) is 117 cm³/mol. The zero-order valence-corrected chi connectivity index (χ0v) is 17.1. The summed E-state index contributed by atoms with van der Waals surface area (Å²) >= 11 is 0. The third kappa shape index (κ3) is 3.65. The summed E-state index contributed by atoms with van der Waals surface area (Å²) in [6.07, 6.45) is 6.91. The van der Waals surface area contributed by atoms with E-state index < -0.39 is 0 Å². The number of likely N-dealkylation sites (tertiary alicyclic amines) is 2. The van der Waals surface area contributed by atoms with Crippen LogP contribution in [0.15, 0.2) is 54.6 Å². The van der Waals surface area contributed by atoms with Gasteiger partial charge in [0.15, 0.2) is 0 Å². The quantitative estimate of drug-likeness (QED) is 0.717. The minimum absolute atomic E-state index is 0.576. The van der Waals surface area contributed by atoms with Crippen molar-refractivity contribution in [2.75, 3.05) is 39.3 Å². The van der Waals surface area contributed by atoms with Crippen LogP contribution in [-0.4, -0.2) is 49.1 Å². The van der Waals surface area contributed by atoms with Crippen molar-refractivity contribution in [3.8, 4) is 0 Å². The molecule has 0 aromatic heterocycles. The second-order valence-corrected chi connectivity index (χ2v) is 9.13. The molecule has 148 valence electrons. The Morgan fingerprint density at radius 1 is 0.714 bits per heavy atom. The van der Waals surface area contributed by atoms with Crippen LogP contribution in [0.3, 0.4) is 0 Å². The number of rotatable bonds is 5. The van der Waals surface area contributed by atoms with Crippen LogP contribution in [0, 0.1) is 5.92 Å². The molecule has 2 nitrogen and oxygen atoms in total. The van der Waals surface area contributed by atoms with Crippen LogP contribution in [0.4, 0.5) is 0 Å². The molecule has 2 saturated heterocycles. The topological polar surface area (TPSA) is 6.48 Å². The number of fused-ring (bicyclic) bond motifs is 3. The van der Waals surface area contributed by atoms with Gasteiger partial charge >= 0.3 is 0 Å². The molecule has 2 aromatic rings. The zero-order chi connectivity index (χ0) is 18.8. The lowest BCUT2D eigenvalue weighted by atomic mass is 9.79. The van der Waals surface area contributed by atoms with Crippen LogP contribution in [0.5, 0.6) is 0 Å². The molecular weight excluding hydrogens is 340 g/mol. The Labute approximate surface area is 170 Å². The van der Waals surface area contributed by atoms with Crippen molar-refractivity contribution in [1.29, 1.82) is 0 Å². The van der Waals surface area contributed by atoms with Crippen LogP contribution in [-0.2, 0) is 0 Å².